The van der Waals surface area contributed by atoms with Crippen LogP contribution in [0, 0.1) is 11.7 Å². The zero-order valence-electron chi connectivity index (χ0n) is 10.9. The zero-order chi connectivity index (χ0) is 14.0. The third-order valence-electron chi connectivity index (χ3n) is 3.66. The molecule has 1 aliphatic carbocycles. The molecule has 3 nitrogen and oxygen atoms in total. The highest BCUT2D eigenvalue weighted by molar-refractivity contribution is 9.10. The molecule has 19 heavy (non-hydrogen) atoms. The van der Waals surface area contributed by atoms with Crippen LogP contribution in [-0.4, -0.2) is 11.4 Å². The van der Waals surface area contributed by atoms with Crippen LogP contribution in [0.3, 0.4) is 0 Å². The minimum atomic E-state index is -0.807. The van der Waals surface area contributed by atoms with Crippen LogP contribution in [-0.2, 0) is 4.79 Å². The number of hydrogen-bond acceptors (Lipinski definition) is 2. The Morgan fingerprint density at radius 3 is 2.95 bits per heavy atom. The second-order valence-corrected chi connectivity index (χ2v) is 6.30. The number of rotatable bonds is 2. The third kappa shape index (κ3) is 3.34. The molecule has 0 spiro atoms. The van der Waals surface area contributed by atoms with Crippen molar-refractivity contribution in [3.05, 3.63) is 28.5 Å². The fraction of sp³-hybridized carbons (Fsp3) is 0.500. The van der Waals surface area contributed by atoms with Crippen molar-refractivity contribution in [3.8, 4) is 0 Å². The van der Waals surface area contributed by atoms with E-state index >= 15 is 0 Å². The van der Waals surface area contributed by atoms with Crippen LogP contribution in [0.1, 0.15) is 32.6 Å². The van der Waals surface area contributed by atoms with Crippen molar-refractivity contribution < 1.29 is 9.18 Å². The molecular weight excluding hydrogens is 311 g/mol. The molecular formula is C14H18BrFN2O. The van der Waals surface area contributed by atoms with Gasteiger partial charge in [-0.1, -0.05) is 19.8 Å². The van der Waals surface area contributed by atoms with Crippen LogP contribution in [0.15, 0.2) is 22.7 Å². The van der Waals surface area contributed by atoms with Crippen molar-refractivity contribution in [3.63, 3.8) is 0 Å². The maximum atomic E-state index is 13.1. The van der Waals surface area contributed by atoms with Crippen LogP contribution < -0.4 is 11.1 Å². The molecule has 104 valence electrons. The minimum Gasteiger partial charge on any atom is -0.324 e. The molecule has 1 aliphatic rings. The van der Waals surface area contributed by atoms with Crippen molar-refractivity contribution >= 4 is 27.5 Å². The summed E-state index contributed by atoms with van der Waals surface area (Å²) in [5.41, 5.74) is 5.96. The van der Waals surface area contributed by atoms with Gasteiger partial charge in [0, 0.05) is 5.69 Å². The van der Waals surface area contributed by atoms with Crippen molar-refractivity contribution in [2.45, 2.75) is 38.1 Å². The number of carbonyl (C=O) groups excluding carboxylic acids is 1. The zero-order valence-corrected chi connectivity index (χ0v) is 12.5. The number of carbonyl (C=O) groups is 1. The standard InChI is InChI=1S/C14H18BrFN2O/c1-9-3-2-6-14(17,8-9)13(19)18-10-4-5-12(16)11(15)7-10/h4-5,7,9H,2-3,6,8,17H2,1H3,(H,18,19). The van der Waals surface area contributed by atoms with Crippen molar-refractivity contribution in [1.82, 2.24) is 0 Å². The van der Waals surface area contributed by atoms with E-state index in [4.69, 9.17) is 5.73 Å². The maximum absolute atomic E-state index is 13.1. The molecule has 2 unspecified atom stereocenters. The van der Waals surface area contributed by atoms with Gasteiger partial charge in [0.2, 0.25) is 5.91 Å². The number of hydrogen-bond donors (Lipinski definition) is 2. The van der Waals surface area contributed by atoms with Gasteiger partial charge in [-0.25, -0.2) is 4.39 Å². The topological polar surface area (TPSA) is 55.1 Å². The van der Waals surface area contributed by atoms with Gasteiger partial charge in [0.05, 0.1) is 10.0 Å². The summed E-state index contributed by atoms with van der Waals surface area (Å²) < 4.78 is 13.5. The first kappa shape index (κ1) is 14.5. The average Bonchev–Trinajstić information content (AvgIpc) is 2.33. The second-order valence-electron chi connectivity index (χ2n) is 5.44. The highest BCUT2D eigenvalue weighted by Gasteiger charge is 2.37. The SMILES string of the molecule is CC1CCCC(N)(C(=O)Nc2ccc(F)c(Br)c2)C1. The summed E-state index contributed by atoms with van der Waals surface area (Å²) in [6.07, 6.45) is 3.49. The Hall–Kier alpha value is -0.940. The number of nitrogens with one attached hydrogen (secondary N) is 1. The van der Waals surface area contributed by atoms with E-state index in [9.17, 15) is 9.18 Å². The normalized spacial score (nSPS) is 27.1. The Bertz CT molecular complexity index is 494. The Balaban J connectivity index is 2.09. The van der Waals surface area contributed by atoms with Crippen LogP contribution in [0.4, 0.5) is 10.1 Å². The molecule has 0 bridgehead atoms. The van der Waals surface area contributed by atoms with Gasteiger partial charge in [0.1, 0.15) is 5.82 Å². The number of amides is 1. The first-order chi connectivity index (χ1) is 8.90. The lowest BCUT2D eigenvalue weighted by atomic mass is 9.76. The van der Waals surface area contributed by atoms with Crippen molar-refractivity contribution in [2.75, 3.05) is 5.32 Å². The van der Waals surface area contributed by atoms with Crippen molar-refractivity contribution in [1.29, 1.82) is 0 Å². The van der Waals surface area contributed by atoms with E-state index in [2.05, 4.69) is 28.2 Å². The van der Waals surface area contributed by atoms with E-state index in [-0.39, 0.29) is 11.7 Å². The Morgan fingerprint density at radius 1 is 1.58 bits per heavy atom. The molecule has 0 saturated heterocycles. The molecule has 1 amide bonds. The first-order valence-corrected chi connectivity index (χ1v) is 7.25. The van der Waals surface area contributed by atoms with E-state index in [1.807, 2.05) is 0 Å². The largest absolute Gasteiger partial charge is 0.324 e. The summed E-state index contributed by atoms with van der Waals surface area (Å²) in [5.74, 6) is -0.0752. The lowest BCUT2D eigenvalue weighted by molar-refractivity contribution is -0.122. The molecule has 1 aromatic carbocycles. The number of anilines is 1. The molecule has 2 atom stereocenters. The Labute approximate surface area is 120 Å². The lowest BCUT2D eigenvalue weighted by Crippen LogP contribution is -2.53. The summed E-state index contributed by atoms with van der Waals surface area (Å²) in [5, 5.41) is 2.78. The first-order valence-electron chi connectivity index (χ1n) is 6.46. The van der Waals surface area contributed by atoms with E-state index in [1.54, 1.807) is 6.07 Å². The van der Waals surface area contributed by atoms with Gasteiger partial charge in [-0.15, -0.1) is 0 Å². The quantitative estimate of drug-likeness (QED) is 0.873. The van der Waals surface area contributed by atoms with Gasteiger partial charge in [0.15, 0.2) is 0 Å². The van der Waals surface area contributed by atoms with E-state index in [0.29, 0.717) is 28.9 Å². The third-order valence-corrected chi connectivity index (χ3v) is 4.27. The molecule has 3 N–H and O–H groups in total. The van der Waals surface area contributed by atoms with Crippen LogP contribution in [0.5, 0.6) is 0 Å². The Kier molecular flexibility index (Phi) is 4.26. The van der Waals surface area contributed by atoms with Crippen molar-refractivity contribution in [2.24, 2.45) is 11.7 Å². The monoisotopic (exact) mass is 328 g/mol. The van der Waals surface area contributed by atoms with Gasteiger partial charge < -0.3 is 11.1 Å². The fourth-order valence-corrected chi connectivity index (χ4v) is 3.01. The highest BCUT2D eigenvalue weighted by atomic mass is 79.9. The second kappa shape index (κ2) is 5.59. The van der Waals surface area contributed by atoms with E-state index in [1.165, 1.54) is 12.1 Å². The minimum absolute atomic E-state index is 0.183. The van der Waals surface area contributed by atoms with Gasteiger partial charge >= 0.3 is 0 Å². The summed E-state index contributed by atoms with van der Waals surface area (Å²) in [4.78, 5) is 12.3. The predicted octanol–water partition coefficient (Wildman–Crippen LogP) is 3.43. The average molecular weight is 329 g/mol. The van der Waals surface area contributed by atoms with Crippen LogP contribution in [0.2, 0.25) is 0 Å². The van der Waals surface area contributed by atoms with Gasteiger partial charge in [-0.3, -0.25) is 4.79 Å². The molecule has 0 aliphatic heterocycles. The molecule has 1 fully saturated rings. The molecule has 2 rings (SSSR count). The van der Waals surface area contributed by atoms with E-state index < -0.39 is 5.54 Å². The van der Waals surface area contributed by atoms with Crippen LogP contribution >= 0.6 is 15.9 Å². The fourth-order valence-electron chi connectivity index (χ4n) is 2.63. The van der Waals surface area contributed by atoms with Gasteiger partial charge in [-0.05, 0) is 52.9 Å². The predicted molar refractivity (Wildman–Crippen MR) is 77.3 cm³/mol. The molecule has 1 saturated carbocycles. The lowest BCUT2D eigenvalue weighted by Gasteiger charge is -2.35. The molecule has 1 aromatic rings. The summed E-state index contributed by atoms with van der Waals surface area (Å²) >= 11 is 3.10. The summed E-state index contributed by atoms with van der Waals surface area (Å²) in [6, 6.07) is 4.39. The van der Waals surface area contributed by atoms with Crippen LogP contribution in [0.25, 0.3) is 0 Å². The smallest absolute Gasteiger partial charge is 0.244 e. The highest BCUT2D eigenvalue weighted by Crippen LogP contribution is 2.31. The maximum Gasteiger partial charge on any atom is 0.244 e. The number of nitrogens with two attached hydrogens (primary N) is 1. The molecule has 0 aromatic heterocycles. The number of halogens is 2. The summed E-state index contributed by atoms with van der Waals surface area (Å²) in [7, 11) is 0. The summed E-state index contributed by atoms with van der Waals surface area (Å²) in [6.45, 7) is 2.11. The number of benzene rings is 1. The van der Waals surface area contributed by atoms with Gasteiger partial charge in [0.25, 0.3) is 0 Å². The Morgan fingerprint density at radius 2 is 2.32 bits per heavy atom. The molecule has 5 heteroatoms. The van der Waals surface area contributed by atoms with Gasteiger partial charge in [-0.2, -0.15) is 0 Å². The molecule has 0 radical (unpaired) electrons. The molecule has 0 heterocycles. The van der Waals surface area contributed by atoms with E-state index in [0.717, 1.165) is 12.8 Å².